The van der Waals surface area contributed by atoms with Gasteiger partial charge in [-0.05, 0) is 45.0 Å². The van der Waals surface area contributed by atoms with Gasteiger partial charge in [0.15, 0.2) is 11.5 Å². The Balaban J connectivity index is 1.56. The van der Waals surface area contributed by atoms with Crippen LogP contribution in [0, 0.1) is 0 Å². The van der Waals surface area contributed by atoms with Gasteiger partial charge in [-0.1, -0.05) is 24.3 Å². The zero-order valence-corrected chi connectivity index (χ0v) is 19.1. The summed E-state index contributed by atoms with van der Waals surface area (Å²) in [7, 11) is 1.59. The van der Waals surface area contributed by atoms with Crippen LogP contribution in [0.4, 0.5) is 0 Å². The predicted octanol–water partition coefficient (Wildman–Crippen LogP) is 3.60. The van der Waals surface area contributed by atoms with Gasteiger partial charge in [-0.25, -0.2) is 4.98 Å². The van der Waals surface area contributed by atoms with Crippen LogP contribution < -0.4 is 9.47 Å². The molecule has 7 nitrogen and oxygen atoms in total. The lowest BCUT2D eigenvalue weighted by Gasteiger charge is -2.32. The van der Waals surface area contributed by atoms with Crippen LogP contribution in [0.15, 0.2) is 48.5 Å². The summed E-state index contributed by atoms with van der Waals surface area (Å²) in [6.07, 6.45) is -0.332. The number of likely N-dealkylation sites (tertiary alicyclic amines) is 1. The average Bonchev–Trinajstić information content (AvgIpc) is 3.33. The van der Waals surface area contributed by atoms with E-state index in [0.717, 1.165) is 16.9 Å². The number of hydrogen-bond acceptors (Lipinski definition) is 5. The number of benzene rings is 2. The Morgan fingerprint density at radius 2 is 1.81 bits per heavy atom. The first-order valence-electron chi connectivity index (χ1n) is 11.0. The maximum Gasteiger partial charge on any atom is 0.223 e. The number of ether oxygens (including phenoxy) is 2. The molecule has 1 aromatic heterocycles. The van der Waals surface area contributed by atoms with E-state index in [-0.39, 0.29) is 24.0 Å². The van der Waals surface area contributed by atoms with Gasteiger partial charge < -0.3 is 24.0 Å². The van der Waals surface area contributed by atoms with Crippen molar-refractivity contribution in [1.82, 2.24) is 14.5 Å². The molecule has 1 amide bonds. The molecule has 0 spiro atoms. The highest BCUT2D eigenvalue weighted by atomic mass is 16.5. The van der Waals surface area contributed by atoms with Crippen molar-refractivity contribution in [2.75, 3.05) is 20.3 Å². The van der Waals surface area contributed by atoms with E-state index >= 15 is 0 Å². The van der Waals surface area contributed by atoms with Gasteiger partial charge in [-0.3, -0.25) is 4.79 Å². The minimum atomic E-state index is -0.757. The number of para-hydroxylation sites is 4. The maximum atomic E-state index is 12.7. The van der Waals surface area contributed by atoms with Crippen molar-refractivity contribution in [3.8, 4) is 11.5 Å². The molecule has 0 radical (unpaired) electrons. The maximum absolute atomic E-state index is 12.7. The number of imidazole rings is 1. The van der Waals surface area contributed by atoms with Gasteiger partial charge in [0.05, 0.1) is 24.7 Å². The van der Waals surface area contributed by atoms with Crippen LogP contribution in [0.2, 0.25) is 0 Å². The lowest BCUT2D eigenvalue weighted by atomic mass is 10.1. The first-order chi connectivity index (χ1) is 15.3. The third-order valence-electron chi connectivity index (χ3n) is 5.88. The van der Waals surface area contributed by atoms with Gasteiger partial charge >= 0.3 is 0 Å². The number of fused-ring (bicyclic) bond motifs is 1. The van der Waals surface area contributed by atoms with E-state index in [1.54, 1.807) is 7.11 Å². The third kappa shape index (κ3) is 4.43. The largest absolute Gasteiger partial charge is 0.493 e. The zero-order valence-electron chi connectivity index (χ0n) is 19.1. The Hall–Kier alpha value is -3.06. The smallest absolute Gasteiger partial charge is 0.223 e. The number of carbonyl (C=O) groups is 1. The predicted molar refractivity (Wildman–Crippen MR) is 123 cm³/mol. The first-order valence-corrected chi connectivity index (χ1v) is 11.0. The molecule has 1 fully saturated rings. The fourth-order valence-corrected chi connectivity index (χ4v) is 4.31. The summed E-state index contributed by atoms with van der Waals surface area (Å²) in [6.45, 7) is 7.22. The first kappa shape index (κ1) is 22.1. The minimum absolute atomic E-state index is 0.0172. The summed E-state index contributed by atoms with van der Waals surface area (Å²) in [4.78, 5) is 19.5. The summed E-state index contributed by atoms with van der Waals surface area (Å²) in [5, 5.41) is 10.8. The van der Waals surface area contributed by atoms with Crippen molar-refractivity contribution in [3.05, 3.63) is 54.4 Å². The second-order valence-corrected chi connectivity index (χ2v) is 9.26. The van der Waals surface area contributed by atoms with Crippen LogP contribution in [0.25, 0.3) is 11.0 Å². The molecule has 0 saturated carbocycles. The standard InChI is InChI=1S/C25H31N3O4/c1-25(2,3)28-14-17(13-23(28)30)24-26-19-9-5-6-10-20(19)27(24)15-18(29)16-32-22-12-8-7-11-21(22)31-4/h5-12,17-18,29H,13-16H2,1-4H3. The number of rotatable bonds is 7. The van der Waals surface area contributed by atoms with Gasteiger partial charge in [-0.2, -0.15) is 0 Å². The Morgan fingerprint density at radius 1 is 1.12 bits per heavy atom. The van der Waals surface area contributed by atoms with Crippen molar-refractivity contribution in [2.45, 2.75) is 51.3 Å². The number of carbonyl (C=O) groups excluding carboxylic acids is 1. The summed E-state index contributed by atoms with van der Waals surface area (Å²) in [5.41, 5.74) is 1.58. The topological polar surface area (TPSA) is 76.8 Å². The van der Waals surface area contributed by atoms with Crippen molar-refractivity contribution in [2.24, 2.45) is 0 Å². The van der Waals surface area contributed by atoms with Crippen LogP contribution in [0.5, 0.6) is 11.5 Å². The summed E-state index contributed by atoms with van der Waals surface area (Å²) in [5.74, 6) is 2.17. The molecule has 170 valence electrons. The fraction of sp³-hybridized carbons (Fsp3) is 0.440. The highest BCUT2D eigenvalue weighted by Crippen LogP contribution is 2.34. The van der Waals surface area contributed by atoms with Crippen molar-refractivity contribution in [3.63, 3.8) is 0 Å². The van der Waals surface area contributed by atoms with Crippen molar-refractivity contribution < 1.29 is 19.4 Å². The molecular weight excluding hydrogens is 406 g/mol. The van der Waals surface area contributed by atoms with Crippen LogP contribution in [0.1, 0.15) is 38.9 Å². The molecule has 1 saturated heterocycles. The number of nitrogens with zero attached hydrogens (tertiary/aromatic N) is 3. The van der Waals surface area contributed by atoms with Crippen molar-refractivity contribution >= 4 is 16.9 Å². The van der Waals surface area contributed by atoms with Gasteiger partial charge in [-0.15, -0.1) is 0 Å². The molecule has 1 N–H and O–H groups in total. The Morgan fingerprint density at radius 3 is 2.50 bits per heavy atom. The SMILES string of the molecule is COc1ccccc1OCC(O)Cn1c(C2CC(=O)N(C(C)(C)C)C2)nc2ccccc21. The van der Waals surface area contributed by atoms with E-state index in [0.29, 0.717) is 31.0 Å². The number of hydrogen-bond donors (Lipinski definition) is 1. The second-order valence-electron chi connectivity index (χ2n) is 9.26. The molecule has 0 bridgehead atoms. The highest BCUT2D eigenvalue weighted by molar-refractivity contribution is 5.81. The highest BCUT2D eigenvalue weighted by Gasteiger charge is 2.39. The van der Waals surface area contributed by atoms with E-state index in [2.05, 4.69) is 20.8 Å². The quantitative estimate of drug-likeness (QED) is 0.611. The molecule has 2 atom stereocenters. The molecule has 2 unspecified atom stereocenters. The number of aromatic nitrogens is 2. The summed E-state index contributed by atoms with van der Waals surface area (Å²) < 4.78 is 13.2. The number of aliphatic hydroxyl groups excluding tert-OH is 1. The lowest BCUT2D eigenvalue weighted by molar-refractivity contribution is -0.131. The lowest BCUT2D eigenvalue weighted by Crippen LogP contribution is -2.42. The van der Waals surface area contributed by atoms with Gasteiger partial charge in [0, 0.05) is 24.4 Å². The normalized spacial score (nSPS) is 17.7. The molecule has 7 heteroatoms. The third-order valence-corrected chi connectivity index (χ3v) is 5.88. The van der Waals surface area contributed by atoms with Crippen LogP contribution in [0.3, 0.4) is 0 Å². The van der Waals surface area contributed by atoms with Crippen molar-refractivity contribution in [1.29, 1.82) is 0 Å². The van der Waals surface area contributed by atoms with E-state index < -0.39 is 6.10 Å². The number of aliphatic hydroxyl groups is 1. The Bertz CT molecular complexity index is 1100. The van der Waals surface area contributed by atoms with Crippen LogP contribution >= 0.6 is 0 Å². The number of methoxy groups -OCH3 is 1. The Labute approximate surface area is 188 Å². The van der Waals surface area contributed by atoms with E-state index in [1.807, 2.05) is 58.0 Å². The van der Waals surface area contributed by atoms with Crippen LogP contribution in [-0.2, 0) is 11.3 Å². The molecule has 32 heavy (non-hydrogen) atoms. The monoisotopic (exact) mass is 437 g/mol. The van der Waals surface area contributed by atoms with E-state index in [9.17, 15) is 9.90 Å². The molecule has 0 aliphatic carbocycles. The fourth-order valence-electron chi connectivity index (χ4n) is 4.31. The average molecular weight is 438 g/mol. The van der Waals surface area contributed by atoms with Gasteiger partial charge in [0.25, 0.3) is 0 Å². The minimum Gasteiger partial charge on any atom is -0.493 e. The molecular formula is C25H31N3O4. The molecule has 1 aliphatic rings. The zero-order chi connectivity index (χ0) is 22.9. The summed E-state index contributed by atoms with van der Waals surface area (Å²) >= 11 is 0. The van der Waals surface area contributed by atoms with E-state index in [1.165, 1.54) is 0 Å². The Kier molecular flexibility index (Phi) is 6.11. The molecule has 1 aliphatic heterocycles. The summed E-state index contributed by atoms with van der Waals surface area (Å²) in [6, 6.07) is 15.2. The molecule has 2 aromatic carbocycles. The molecule has 4 rings (SSSR count). The number of amides is 1. The second kappa shape index (κ2) is 8.82. The van der Waals surface area contributed by atoms with E-state index in [4.69, 9.17) is 14.5 Å². The molecule has 3 aromatic rings. The van der Waals surface area contributed by atoms with Crippen LogP contribution in [-0.4, -0.2) is 57.4 Å². The molecule has 2 heterocycles. The van der Waals surface area contributed by atoms with Gasteiger partial charge in [0.2, 0.25) is 5.91 Å². The van der Waals surface area contributed by atoms with Gasteiger partial charge in [0.1, 0.15) is 18.5 Å².